The van der Waals surface area contributed by atoms with E-state index in [9.17, 15) is 29.1 Å². The second kappa shape index (κ2) is 25.1. The number of alkyl carbamates (subject to hydrolysis) is 1. The number of aromatic nitrogens is 6. The average Bonchev–Trinajstić information content (AvgIpc) is 4.21. The molecular formula is C46H54N10O11S5. The van der Waals surface area contributed by atoms with E-state index in [2.05, 4.69) is 36.2 Å². The van der Waals surface area contributed by atoms with E-state index in [-0.39, 0.29) is 49.2 Å². The molecule has 4 atom stereocenters. The number of ether oxygens (including phenoxy) is 5. The molecule has 0 spiro atoms. The average molecular weight is 1080 g/mol. The van der Waals surface area contributed by atoms with Crippen LogP contribution in [0, 0.1) is 5.92 Å². The summed E-state index contributed by atoms with van der Waals surface area (Å²) < 4.78 is 26.5. The van der Waals surface area contributed by atoms with E-state index in [1.807, 2.05) is 13.8 Å². The predicted octanol–water partition coefficient (Wildman–Crippen LogP) is 7.98. The molecule has 0 aliphatic carbocycles. The van der Waals surface area contributed by atoms with E-state index < -0.39 is 53.6 Å². The van der Waals surface area contributed by atoms with E-state index in [1.54, 1.807) is 81.3 Å². The van der Waals surface area contributed by atoms with Gasteiger partial charge in [-0.1, -0.05) is 19.9 Å². The van der Waals surface area contributed by atoms with Gasteiger partial charge in [-0.05, 0) is 59.6 Å². The largest absolute Gasteiger partial charge is 0.476 e. The summed E-state index contributed by atoms with van der Waals surface area (Å²) in [6.45, 7) is 14.5. The van der Waals surface area contributed by atoms with Crippen molar-refractivity contribution in [3.05, 3.63) is 72.2 Å². The fourth-order valence-corrected chi connectivity index (χ4v) is 10.6. The van der Waals surface area contributed by atoms with Crippen LogP contribution in [0.5, 0.6) is 0 Å². The first-order chi connectivity index (χ1) is 34.3. The molecule has 0 aliphatic heterocycles. The lowest BCUT2D eigenvalue weighted by Gasteiger charge is -2.25. The number of carboxylic acid groups (broad SMARTS) is 1. The molecule has 0 fully saturated rings. The van der Waals surface area contributed by atoms with Crippen molar-refractivity contribution in [3.63, 3.8) is 0 Å². The first-order valence-corrected chi connectivity index (χ1v) is 26.5. The van der Waals surface area contributed by atoms with Gasteiger partial charge in [-0.25, -0.2) is 39.5 Å². The Morgan fingerprint density at radius 3 is 2.03 bits per heavy atom. The fourth-order valence-electron chi connectivity index (χ4n) is 6.33. The Hall–Kier alpha value is -5.97. The van der Waals surface area contributed by atoms with Gasteiger partial charge >= 0.3 is 12.1 Å². The van der Waals surface area contributed by atoms with Crippen LogP contribution in [-0.2, 0) is 28.5 Å². The van der Waals surface area contributed by atoms with Gasteiger partial charge in [0.05, 0.1) is 29.6 Å². The smallest absolute Gasteiger partial charge is 0.408 e. The van der Waals surface area contributed by atoms with E-state index >= 15 is 0 Å². The Labute approximate surface area is 434 Å². The van der Waals surface area contributed by atoms with E-state index in [4.69, 9.17) is 38.6 Å². The third-order valence-electron chi connectivity index (χ3n) is 9.92. The van der Waals surface area contributed by atoms with Crippen molar-refractivity contribution in [1.29, 1.82) is 0 Å². The molecule has 0 radical (unpaired) electrons. The molecular weight excluding hydrogens is 1030 g/mol. The molecule has 0 saturated heterocycles. The minimum absolute atomic E-state index is 0.0532. The van der Waals surface area contributed by atoms with Crippen molar-refractivity contribution in [2.45, 2.75) is 85.3 Å². The maximum Gasteiger partial charge on any atom is 0.408 e. The summed E-state index contributed by atoms with van der Waals surface area (Å²) in [6, 6.07) is 1.92. The van der Waals surface area contributed by atoms with E-state index in [0.717, 1.165) is 11.3 Å². The number of nitrogens with zero attached hydrogens (tertiary/aromatic N) is 6. The van der Waals surface area contributed by atoms with Gasteiger partial charge in [0, 0.05) is 53.2 Å². The highest BCUT2D eigenvalue weighted by atomic mass is 32.1. The minimum Gasteiger partial charge on any atom is -0.476 e. The number of allylic oxidation sites excluding steroid dienone is 1. The summed E-state index contributed by atoms with van der Waals surface area (Å²) >= 11 is 6.12. The number of methoxy groups -OCH3 is 2. The molecule has 4 amide bonds. The van der Waals surface area contributed by atoms with Crippen molar-refractivity contribution < 1.29 is 52.8 Å². The lowest BCUT2D eigenvalue weighted by atomic mass is 10.1. The van der Waals surface area contributed by atoms with Gasteiger partial charge in [0.25, 0.3) is 11.8 Å². The highest BCUT2D eigenvalue weighted by molar-refractivity contribution is 7.15. The van der Waals surface area contributed by atoms with Gasteiger partial charge in [0.2, 0.25) is 5.91 Å². The first kappa shape index (κ1) is 55.3. The Morgan fingerprint density at radius 2 is 1.35 bits per heavy atom. The van der Waals surface area contributed by atoms with Crippen LogP contribution in [0.4, 0.5) is 4.79 Å². The number of amides is 4. The molecule has 0 bridgehead atoms. The van der Waals surface area contributed by atoms with Crippen LogP contribution in [0.1, 0.15) is 103 Å². The molecule has 0 aliphatic rings. The number of carbonyl (C=O) groups is 5. The molecule has 72 heavy (non-hydrogen) atoms. The summed E-state index contributed by atoms with van der Waals surface area (Å²) in [5.41, 5.74) is 2.07. The van der Waals surface area contributed by atoms with Crippen molar-refractivity contribution in [3.8, 4) is 43.4 Å². The molecule has 21 nitrogen and oxygen atoms in total. The number of hydrogen-bond donors (Lipinski definition) is 5. The number of carbonyl (C=O) groups excluding carboxylic acids is 4. The number of hydrogen-bond acceptors (Lipinski definition) is 21. The molecule has 5 N–H and O–H groups in total. The van der Waals surface area contributed by atoms with Crippen LogP contribution >= 0.6 is 56.7 Å². The number of thiazole rings is 5. The molecule has 6 aromatic rings. The van der Waals surface area contributed by atoms with Crippen LogP contribution in [0.15, 0.2) is 45.1 Å². The van der Waals surface area contributed by atoms with Crippen molar-refractivity contribution in [2.75, 3.05) is 34.4 Å². The van der Waals surface area contributed by atoms with Crippen LogP contribution in [0.2, 0.25) is 0 Å². The van der Waals surface area contributed by atoms with Crippen molar-refractivity contribution in [2.24, 2.45) is 5.92 Å². The third-order valence-corrected chi connectivity index (χ3v) is 14.3. The van der Waals surface area contributed by atoms with Crippen molar-refractivity contribution >= 4 is 92.2 Å². The van der Waals surface area contributed by atoms with Crippen molar-refractivity contribution in [1.82, 2.24) is 51.2 Å². The zero-order chi connectivity index (χ0) is 52.3. The Balaban J connectivity index is 1.22. The van der Waals surface area contributed by atoms with Crippen LogP contribution in [0.25, 0.3) is 49.1 Å². The number of pyridine rings is 1. The van der Waals surface area contributed by atoms with Crippen LogP contribution < -0.4 is 21.3 Å². The molecule has 0 aromatic carbocycles. The van der Waals surface area contributed by atoms with Gasteiger partial charge in [-0.15, -0.1) is 56.7 Å². The normalized spacial score (nSPS) is 13.6. The monoisotopic (exact) mass is 1080 g/mol. The molecule has 0 saturated carbocycles. The van der Waals surface area contributed by atoms with Gasteiger partial charge < -0.3 is 50.1 Å². The predicted molar refractivity (Wildman–Crippen MR) is 275 cm³/mol. The molecule has 6 aromatic heterocycles. The number of aromatic carboxylic acids is 1. The summed E-state index contributed by atoms with van der Waals surface area (Å²) in [5, 5.41) is 31.5. The highest BCUT2D eigenvalue weighted by Gasteiger charge is 2.31. The fraction of sp³-hybridized carbons (Fsp3) is 0.413. The minimum atomic E-state index is -1.18. The molecule has 6 rings (SSSR count). The number of carboxylic acids is 1. The van der Waals surface area contributed by atoms with Crippen LogP contribution in [-0.4, -0.2) is 123 Å². The summed E-state index contributed by atoms with van der Waals surface area (Å²) in [6.07, 6.45) is -0.0100. The lowest BCUT2D eigenvalue weighted by Crippen LogP contribution is -2.54. The maximum atomic E-state index is 13.6. The second-order valence-electron chi connectivity index (χ2n) is 17.0. The quantitative estimate of drug-likeness (QED) is 0.0380. The van der Waals surface area contributed by atoms with E-state index in [0.29, 0.717) is 59.1 Å². The molecule has 0 unspecified atom stereocenters. The third kappa shape index (κ3) is 14.6. The zero-order valence-corrected chi connectivity index (χ0v) is 45.0. The number of nitrogens with one attached hydrogen (secondary N) is 4. The van der Waals surface area contributed by atoms with E-state index in [1.165, 1.54) is 64.9 Å². The van der Waals surface area contributed by atoms with Gasteiger partial charge in [0.15, 0.2) is 5.69 Å². The summed E-state index contributed by atoms with van der Waals surface area (Å²) in [4.78, 5) is 93.1. The van der Waals surface area contributed by atoms with Crippen LogP contribution in [0.3, 0.4) is 0 Å². The second-order valence-corrected chi connectivity index (χ2v) is 21.3. The molecule has 26 heteroatoms. The zero-order valence-electron chi connectivity index (χ0n) is 40.9. The lowest BCUT2D eigenvalue weighted by molar-refractivity contribution is -0.132. The Bertz CT molecular complexity index is 2880. The SMILES string of the molecule is C/C=C(/NC(=O)c1csc([C@H](NC(=O)OC(C)(C)C)C(C)C)n1)c1nc(-c2nc(-c3nc(-c4nc(C(=O)N[C@H](C(=O)NC[C@H](C)OCOC)[C@@H](C)OCOC)cs4)cs3)ccc2-c2nc(C(=O)O)cs2)cs1. The Morgan fingerprint density at radius 1 is 0.708 bits per heavy atom. The molecule has 6 heterocycles. The summed E-state index contributed by atoms with van der Waals surface area (Å²) in [5.74, 6) is -2.81. The maximum absolute atomic E-state index is 13.6. The first-order valence-electron chi connectivity index (χ1n) is 22.1. The van der Waals surface area contributed by atoms with Gasteiger partial charge in [0.1, 0.15) is 78.7 Å². The molecule has 384 valence electrons. The number of rotatable bonds is 23. The Kier molecular flexibility index (Phi) is 19.3. The summed E-state index contributed by atoms with van der Waals surface area (Å²) in [7, 11) is 2.94. The topological polar surface area (TPSA) is 277 Å². The van der Waals surface area contributed by atoms with Gasteiger partial charge in [-0.2, -0.15) is 0 Å². The highest BCUT2D eigenvalue weighted by Crippen LogP contribution is 2.38. The standard InChI is InChI=1S/C46H54N10O11S5/c1-11-26(49-36(57)29-17-72-43(52-29)33(22(2)3)56-45(62)67-46(6,7)8)40-50-28(15-69-40)35-25(39-54-32(19-68-39)44(60)61)12-13-27(48-35)41-53-31(18-71-41)42-51-30(16-70-42)37(58)55-34(24(5)66-21-64-10)38(59)47-14-23(4)65-20-63-9/h11-13,15-19,22-24,33-34H,14,20-21H2,1-10H3,(H,47,59)(H,49,57)(H,55,58)(H,56,62)(H,60,61)/b26-11+/t23-,24+,33+,34-/m0/s1. The van der Waals surface area contributed by atoms with Gasteiger partial charge in [-0.3, -0.25) is 14.4 Å².